The first-order chi connectivity index (χ1) is 8.16. The molecule has 1 N–H and O–H groups in total. The van der Waals surface area contributed by atoms with E-state index in [-0.39, 0.29) is 10.6 Å². The number of aromatic nitrogens is 1. The summed E-state index contributed by atoms with van der Waals surface area (Å²) in [4.78, 5) is 17.4. The van der Waals surface area contributed by atoms with Crippen molar-refractivity contribution in [3.63, 3.8) is 0 Å². The van der Waals surface area contributed by atoms with E-state index in [0.717, 1.165) is 12.5 Å². The Labute approximate surface area is 104 Å². The van der Waals surface area contributed by atoms with E-state index in [1.54, 1.807) is 0 Å². The Balaban J connectivity index is 1.98. The van der Waals surface area contributed by atoms with Crippen LogP contribution in [0.1, 0.15) is 29.6 Å². The van der Waals surface area contributed by atoms with Crippen molar-refractivity contribution < 1.29 is 9.90 Å². The standard InChI is InChI=1S/C12H13ClN2O2/c13-10-9(12(16)17)3-4-14-11(10)15-6-7-1-2-8(15)5-7/h3-4,7-8H,1-2,5-6H2,(H,16,17). The van der Waals surface area contributed by atoms with Gasteiger partial charge in [-0.3, -0.25) is 0 Å². The van der Waals surface area contributed by atoms with Crippen LogP contribution >= 0.6 is 11.6 Å². The van der Waals surface area contributed by atoms with Gasteiger partial charge >= 0.3 is 5.97 Å². The fraction of sp³-hybridized carbons (Fsp3) is 0.500. The molecule has 0 aromatic carbocycles. The lowest BCUT2D eigenvalue weighted by Crippen LogP contribution is -2.33. The van der Waals surface area contributed by atoms with E-state index in [1.807, 2.05) is 0 Å². The predicted octanol–water partition coefficient (Wildman–Crippen LogP) is 2.42. The summed E-state index contributed by atoms with van der Waals surface area (Å²) in [7, 11) is 0. The van der Waals surface area contributed by atoms with Crippen LogP contribution in [0.25, 0.3) is 0 Å². The van der Waals surface area contributed by atoms with Crippen molar-refractivity contribution in [1.82, 2.24) is 4.98 Å². The maximum atomic E-state index is 11.0. The lowest BCUT2D eigenvalue weighted by molar-refractivity contribution is 0.0697. The minimum Gasteiger partial charge on any atom is -0.478 e. The Hall–Kier alpha value is -1.29. The van der Waals surface area contributed by atoms with Crippen LogP contribution in [-0.2, 0) is 0 Å². The van der Waals surface area contributed by atoms with Gasteiger partial charge in [0.1, 0.15) is 5.82 Å². The van der Waals surface area contributed by atoms with Crippen molar-refractivity contribution in [2.75, 3.05) is 11.4 Å². The van der Waals surface area contributed by atoms with E-state index in [1.165, 1.54) is 31.5 Å². The number of fused-ring (bicyclic) bond motifs is 2. The zero-order valence-electron chi connectivity index (χ0n) is 9.27. The molecule has 4 nitrogen and oxygen atoms in total. The van der Waals surface area contributed by atoms with E-state index < -0.39 is 5.97 Å². The number of rotatable bonds is 2. The fourth-order valence-corrected chi connectivity index (χ4v) is 3.28. The third-order valence-corrected chi connectivity index (χ3v) is 4.16. The second kappa shape index (κ2) is 3.88. The molecule has 2 heterocycles. The highest BCUT2D eigenvalue weighted by atomic mass is 35.5. The molecule has 1 aromatic heterocycles. The molecular weight excluding hydrogens is 240 g/mol. The maximum Gasteiger partial charge on any atom is 0.337 e. The summed E-state index contributed by atoms with van der Waals surface area (Å²) in [5.41, 5.74) is 0.138. The van der Waals surface area contributed by atoms with Gasteiger partial charge in [0.15, 0.2) is 0 Å². The molecular formula is C12H13ClN2O2. The first-order valence-electron chi connectivity index (χ1n) is 5.81. The number of piperidine rings is 1. The molecule has 1 saturated carbocycles. The number of carboxylic acids is 1. The number of halogens is 1. The fourth-order valence-electron chi connectivity index (χ4n) is 2.98. The molecule has 1 aromatic rings. The second-order valence-corrected chi connectivity index (χ2v) is 5.16. The lowest BCUT2D eigenvalue weighted by atomic mass is 10.1. The molecule has 1 aliphatic heterocycles. The molecule has 17 heavy (non-hydrogen) atoms. The average Bonchev–Trinajstić information content (AvgIpc) is 2.90. The SMILES string of the molecule is O=C(O)c1ccnc(N2CC3CCC2C3)c1Cl. The largest absolute Gasteiger partial charge is 0.478 e. The van der Waals surface area contributed by atoms with Crippen LogP contribution in [-0.4, -0.2) is 28.6 Å². The number of hydrogen-bond donors (Lipinski definition) is 1. The van der Waals surface area contributed by atoms with E-state index in [4.69, 9.17) is 16.7 Å². The molecule has 3 rings (SSSR count). The molecule has 2 unspecified atom stereocenters. The molecule has 0 spiro atoms. The number of carboxylic acid groups (broad SMARTS) is 1. The number of anilines is 1. The van der Waals surface area contributed by atoms with Crippen molar-refractivity contribution in [1.29, 1.82) is 0 Å². The van der Waals surface area contributed by atoms with Gasteiger partial charge in [0.2, 0.25) is 0 Å². The number of nitrogens with zero attached hydrogens (tertiary/aromatic N) is 2. The zero-order valence-corrected chi connectivity index (χ0v) is 10.0. The van der Waals surface area contributed by atoms with Gasteiger partial charge in [-0.15, -0.1) is 0 Å². The molecule has 1 saturated heterocycles. The summed E-state index contributed by atoms with van der Waals surface area (Å²) in [5.74, 6) is 0.369. The summed E-state index contributed by atoms with van der Waals surface area (Å²) in [6.07, 6.45) is 5.16. The molecule has 2 fully saturated rings. The summed E-state index contributed by atoms with van der Waals surface area (Å²) in [5, 5.41) is 9.30. The van der Waals surface area contributed by atoms with Gasteiger partial charge in [0, 0.05) is 18.8 Å². The van der Waals surface area contributed by atoms with Gasteiger partial charge < -0.3 is 10.0 Å². The quantitative estimate of drug-likeness (QED) is 0.878. The van der Waals surface area contributed by atoms with Gasteiger partial charge in [0.05, 0.1) is 10.6 Å². The number of aromatic carboxylic acids is 1. The highest BCUT2D eigenvalue weighted by Crippen LogP contribution is 2.41. The Morgan fingerprint density at radius 1 is 1.53 bits per heavy atom. The monoisotopic (exact) mass is 252 g/mol. The summed E-state index contributed by atoms with van der Waals surface area (Å²) < 4.78 is 0. The third kappa shape index (κ3) is 1.67. The van der Waals surface area contributed by atoms with Crippen LogP contribution in [0, 0.1) is 5.92 Å². The van der Waals surface area contributed by atoms with Crippen molar-refractivity contribution in [2.45, 2.75) is 25.3 Å². The zero-order chi connectivity index (χ0) is 12.0. The van der Waals surface area contributed by atoms with Crippen molar-refractivity contribution in [3.8, 4) is 0 Å². The van der Waals surface area contributed by atoms with Crippen LogP contribution < -0.4 is 4.90 Å². The Kier molecular flexibility index (Phi) is 2.47. The van der Waals surface area contributed by atoms with E-state index in [2.05, 4.69) is 9.88 Å². The molecule has 5 heteroatoms. The lowest BCUT2D eigenvalue weighted by Gasteiger charge is -2.28. The molecule has 0 amide bonds. The normalized spacial score (nSPS) is 26.5. The molecule has 2 bridgehead atoms. The highest BCUT2D eigenvalue weighted by Gasteiger charge is 2.39. The van der Waals surface area contributed by atoms with E-state index in [0.29, 0.717) is 11.9 Å². The number of hydrogen-bond acceptors (Lipinski definition) is 3. The average molecular weight is 253 g/mol. The van der Waals surface area contributed by atoms with Crippen LogP contribution in [0.15, 0.2) is 12.3 Å². The molecule has 90 valence electrons. The Bertz CT molecular complexity index is 478. The van der Waals surface area contributed by atoms with Crippen LogP contribution in [0.3, 0.4) is 0 Å². The first kappa shape index (κ1) is 10.8. The van der Waals surface area contributed by atoms with Gasteiger partial charge in [0.25, 0.3) is 0 Å². The van der Waals surface area contributed by atoms with Gasteiger partial charge in [-0.25, -0.2) is 9.78 Å². The second-order valence-electron chi connectivity index (χ2n) is 4.79. The Morgan fingerprint density at radius 2 is 2.35 bits per heavy atom. The smallest absolute Gasteiger partial charge is 0.337 e. The van der Waals surface area contributed by atoms with Gasteiger partial charge in [-0.1, -0.05) is 11.6 Å². The molecule has 0 radical (unpaired) electrons. The summed E-state index contributed by atoms with van der Waals surface area (Å²) in [6, 6.07) is 1.94. The van der Waals surface area contributed by atoms with Gasteiger partial charge in [-0.2, -0.15) is 0 Å². The van der Waals surface area contributed by atoms with Crippen molar-refractivity contribution in [2.24, 2.45) is 5.92 Å². The highest BCUT2D eigenvalue weighted by molar-refractivity contribution is 6.35. The van der Waals surface area contributed by atoms with Crippen molar-refractivity contribution >= 4 is 23.4 Å². The van der Waals surface area contributed by atoms with Crippen LogP contribution in [0.5, 0.6) is 0 Å². The molecule has 2 aliphatic rings. The topological polar surface area (TPSA) is 53.4 Å². The molecule has 2 atom stereocenters. The van der Waals surface area contributed by atoms with E-state index >= 15 is 0 Å². The third-order valence-electron chi connectivity index (χ3n) is 3.78. The predicted molar refractivity (Wildman–Crippen MR) is 64.7 cm³/mol. The minimum absolute atomic E-state index is 0.138. The molecule has 1 aliphatic carbocycles. The van der Waals surface area contributed by atoms with Crippen molar-refractivity contribution in [3.05, 3.63) is 22.8 Å². The minimum atomic E-state index is -0.997. The summed E-state index contributed by atoms with van der Waals surface area (Å²) >= 11 is 6.14. The maximum absolute atomic E-state index is 11.0. The first-order valence-corrected chi connectivity index (χ1v) is 6.19. The summed E-state index contributed by atoms with van der Waals surface area (Å²) in [6.45, 7) is 0.959. The number of carbonyl (C=O) groups is 1. The van der Waals surface area contributed by atoms with Crippen LogP contribution in [0.4, 0.5) is 5.82 Å². The number of pyridine rings is 1. The Morgan fingerprint density at radius 3 is 2.94 bits per heavy atom. The van der Waals surface area contributed by atoms with E-state index in [9.17, 15) is 4.79 Å². The van der Waals surface area contributed by atoms with Gasteiger partial charge in [-0.05, 0) is 31.2 Å². The van der Waals surface area contributed by atoms with Crippen LogP contribution in [0.2, 0.25) is 5.02 Å².